The topological polar surface area (TPSA) is 83.2 Å². The second kappa shape index (κ2) is 5.13. The molecule has 19 heavy (non-hydrogen) atoms. The van der Waals surface area contributed by atoms with Crippen LogP contribution >= 0.6 is 0 Å². The van der Waals surface area contributed by atoms with Gasteiger partial charge in [-0.2, -0.15) is 0 Å². The molecule has 1 saturated heterocycles. The zero-order valence-electron chi connectivity index (χ0n) is 11.1. The van der Waals surface area contributed by atoms with Crippen molar-refractivity contribution in [1.82, 2.24) is 0 Å². The number of amides is 1. The van der Waals surface area contributed by atoms with Crippen molar-refractivity contribution in [2.24, 2.45) is 0 Å². The Balaban J connectivity index is 2.63. The number of carbonyl (C=O) groups excluding carboxylic acids is 1. The zero-order chi connectivity index (χ0) is 14.0. The first kappa shape index (κ1) is 13.1. The normalized spacial score (nSPS) is 14.3. The third-order valence-corrected chi connectivity index (χ3v) is 2.90. The number of cyclic esters (lactones) is 1. The Kier molecular flexibility index (Phi) is 3.55. The predicted molar refractivity (Wildman–Crippen MR) is 69.2 cm³/mol. The predicted octanol–water partition coefficient (Wildman–Crippen LogP) is 1.25. The number of anilines is 2. The lowest BCUT2D eigenvalue weighted by Crippen LogP contribution is -2.25. The van der Waals surface area contributed by atoms with Crippen molar-refractivity contribution in [2.45, 2.75) is 0 Å². The van der Waals surface area contributed by atoms with E-state index in [1.165, 1.54) is 26.2 Å². The molecule has 104 valence electrons. The van der Waals surface area contributed by atoms with E-state index in [1.807, 2.05) is 0 Å². The van der Waals surface area contributed by atoms with Crippen LogP contribution in [0.1, 0.15) is 0 Å². The van der Waals surface area contributed by atoms with Gasteiger partial charge in [-0.15, -0.1) is 0 Å². The molecule has 0 atom stereocenters. The number of methoxy groups -OCH3 is 3. The van der Waals surface area contributed by atoms with Crippen LogP contribution in [0.2, 0.25) is 0 Å². The van der Waals surface area contributed by atoms with E-state index in [4.69, 9.17) is 24.7 Å². The maximum Gasteiger partial charge on any atom is 0.414 e. The van der Waals surface area contributed by atoms with Crippen LogP contribution in [0.5, 0.6) is 17.2 Å². The third kappa shape index (κ3) is 2.07. The quantitative estimate of drug-likeness (QED) is 0.827. The summed E-state index contributed by atoms with van der Waals surface area (Å²) in [5.41, 5.74) is 6.71. The summed E-state index contributed by atoms with van der Waals surface area (Å²) < 4.78 is 20.6. The summed E-state index contributed by atoms with van der Waals surface area (Å²) in [5.74, 6) is 1.18. The van der Waals surface area contributed by atoms with Gasteiger partial charge in [-0.3, -0.25) is 4.90 Å². The third-order valence-electron chi connectivity index (χ3n) is 2.90. The lowest BCUT2D eigenvalue weighted by Gasteiger charge is -2.22. The van der Waals surface area contributed by atoms with Crippen molar-refractivity contribution in [3.63, 3.8) is 0 Å². The Morgan fingerprint density at radius 2 is 1.89 bits per heavy atom. The van der Waals surface area contributed by atoms with Crippen LogP contribution in [0, 0.1) is 0 Å². The molecular weight excluding hydrogens is 252 g/mol. The molecule has 1 aromatic carbocycles. The molecule has 0 aliphatic carbocycles. The van der Waals surface area contributed by atoms with E-state index in [2.05, 4.69) is 0 Å². The Labute approximate surface area is 110 Å². The van der Waals surface area contributed by atoms with Crippen LogP contribution in [0.25, 0.3) is 0 Å². The van der Waals surface area contributed by atoms with E-state index < -0.39 is 6.09 Å². The van der Waals surface area contributed by atoms with Crippen LogP contribution in [-0.2, 0) is 4.74 Å². The smallest absolute Gasteiger partial charge is 0.414 e. The fourth-order valence-electron chi connectivity index (χ4n) is 2.00. The molecule has 0 aromatic heterocycles. The molecule has 1 amide bonds. The summed E-state index contributed by atoms with van der Waals surface area (Å²) in [4.78, 5) is 13.1. The van der Waals surface area contributed by atoms with Crippen molar-refractivity contribution in [3.8, 4) is 17.2 Å². The Bertz CT molecular complexity index is 503. The van der Waals surface area contributed by atoms with Crippen LogP contribution in [-0.4, -0.2) is 40.6 Å². The second-order valence-corrected chi connectivity index (χ2v) is 3.84. The van der Waals surface area contributed by atoms with Gasteiger partial charge in [0.15, 0.2) is 5.75 Å². The summed E-state index contributed by atoms with van der Waals surface area (Å²) >= 11 is 0. The standard InChI is InChI=1S/C12H16N2O5/c1-16-7-6-8(17-2)10(11(18-3)9(7)13)14-4-5-19-12(14)15/h6H,4-5,13H2,1-3H3. The molecule has 0 radical (unpaired) electrons. The van der Waals surface area contributed by atoms with Crippen LogP contribution in [0.3, 0.4) is 0 Å². The van der Waals surface area contributed by atoms with Gasteiger partial charge in [0.05, 0.1) is 27.9 Å². The first-order chi connectivity index (χ1) is 9.13. The van der Waals surface area contributed by atoms with Gasteiger partial charge in [0.2, 0.25) is 0 Å². The van der Waals surface area contributed by atoms with Crippen LogP contribution in [0.15, 0.2) is 6.07 Å². The van der Waals surface area contributed by atoms with Crippen molar-refractivity contribution in [3.05, 3.63) is 6.07 Å². The maximum absolute atomic E-state index is 11.7. The van der Waals surface area contributed by atoms with E-state index in [0.717, 1.165) is 0 Å². The van der Waals surface area contributed by atoms with E-state index in [1.54, 1.807) is 6.07 Å². The minimum absolute atomic E-state index is 0.306. The highest BCUT2D eigenvalue weighted by Gasteiger charge is 2.31. The molecule has 1 fully saturated rings. The molecule has 1 heterocycles. The average Bonchev–Trinajstić information content (AvgIpc) is 2.84. The lowest BCUT2D eigenvalue weighted by atomic mass is 10.2. The molecule has 7 heteroatoms. The fraction of sp³-hybridized carbons (Fsp3) is 0.417. The van der Waals surface area contributed by atoms with Crippen LogP contribution in [0.4, 0.5) is 16.2 Å². The number of nitrogens with two attached hydrogens (primary N) is 1. The molecule has 0 spiro atoms. The summed E-state index contributed by atoms with van der Waals surface area (Å²) in [7, 11) is 4.46. The fourth-order valence-corrected chi connectivity index (χ4v) is 2.00. The molecular formula is C12H16N2O5. The molecule has 0 saturated carbocycles. The number of nitrogen functional groups attached to an aromatic ring is 1. The van der Waals surface area contributed by atoms with Gasteiger partial charge in [0, 0.05) is 6.07 Å². The molecule has 1 aliphatic rings. The molecule has 1 aromatic rings. The lowest BCUT2D eigenvalue weighted by molar-refractivity contribution is 0.181. The number of hydrogen-bond donors (Lipinski definition) is 1. The monoisotopic (exact) mass is 268 g/mol. The summed E-state index contributed by atoms with van der Waals surface area (Å²) in [6.07, 6.45) is -0.457. The first-order valence-corrected chi connectivity index (χ1v) is 5.66. The van der Waals surface area contributed by atoms with Crippen molar-refractivity contribution < 1.29 is 23.7 Å². The molecule has 2 rings (SSSR count). The number of ether oxygens (including phenoxy) is 4. The van der Waals surface area contributed by atoms with Gasteiger partial charge in [-0.25, -0.2) is 4.79 Å². The highest BCUT2D eigenvalue weighted by Crippen LogP contribution is 2.47. The number of benzene rings is 1. The van der Waals surface area contributed by atoms with E-state index in [9.17, 15) is 4.79 Å². The van der Waals surface area contributed by atoms with Gasteiger partial charge < -0.3 is 24.7 Å². The molecule has 7 nitrogen and oxygen atoms in total. The van der Waals surface area contributed by atoms with Gasteiger partial charge in [-0.05, 0) is 0 Å². The Hall–Kier alpha value is -2.31. The Morgan fingerprint density at radius 3 is 2.37 bits per heavy atom. The average molecular weight is 268 g/mol. The Morgan fingerprint density at radius 1 is 1.21 bits per heavy atom. The summed E-state index contributed by atoms with van der Waals surface area (Å²) in [5, 5.41) is 0. The number of rotatable bonds is 4. The minimum Gasteiger partial charge on any atom is -0.494 e. The van der Waals surface area contributed by atoms with Crippen molar-refractivity contribution >= 4 is 17.5 Å². The number of nitrogens with zero attached hydrogens (tertiary/aromatic N) is 1. The highest BCUT2D eigenvalue weighted by atomic mass is 16.6. The van der Waals surface area contributed by atoms with Crippen molar-refractivity contribution in [2.75, 3.05) is 45.1 Å². The van der Waals surface area contributed by atoms with Gasteiger partial charge in [0.25, 0.3) is 0 Å². The van der Waals surface area contributed by atoms with E-state index in [0.29, 0.717) is 41.8 Å². The minimum atomic E-state index is -0.457. The van der Waals surface area contributed by atoms with E-state index in [-0.39, 0.29) is 0 Å². The molecule has 0 unspecified atom stereocenters. The summed E-state index contributed by atoms with van der Waals surface area (Å²) in [6, 6.07) is 1.61. The largest absolute Gasteiger partial charge is 0.494 e. The second-order valence-electron chi connectivity index (χ2n) is 3.84. The number of hydrogen-bond acceptors (Lipinski definition) is 6. The molecule has 2 N–H and O–H groups in total. The SMILES string of the molecule is COc1cc(OC)c(N2CCOC2=O)c(OC)c1N. The molecule has 1 aliphatic heterocycles. The summed E-state index contributed by atoms with van der Waals surface area (Å²) in [6.45, 7) is 0.731. The highest BCUT2D eigenvalue weighted by molar-refractivity contribution is 5.96. The van der Waals surface area contributed by atoms with Gasteiger partial charge >= 0.3 is 6.09 Å². The maximum atomic E-state index is 11.7. The van der Waals surface area contributed by atoms with Gasteiger partial charge in [-0.1, -0.05) is 0 Å². The first-order valence-electron chi connectivity index (χ1n) is 5.66. The molecule has 0 bridgehead atoms. The zero-order valence-corrected chi connectivity index (χ0v) is 11.1. The van der Waals surface area contributed by atoms with Crippen LogP contribution < -0.4 is 24.8 Å². The van der Waals surface area contributed by atoms with Crippen molar-refractivity contribution in [1.29, 1.82) is 0 Å². The van der Waals surface area contributed by atoms with E-state index >= 15 is 0 Å². The van der Waals surface area contributed by atoms with Gasteiger partial charge in [0.1, 0.15) is 29.5 Å². The number of carbonyl (C=O) groups is 1.